The molecule has 1 aromatic rings. The zero-order valence-corrected chi connectivity index (χ0v) is 21.3. The van der Waals surface area contributed by atoms with Gasteiger partial charge in [0.2, 0.25) is 5.91 Å². The minimum absolute atomic E-state index is 0.706. The first-order valence-electron chi connectivity index (χ1n) is 10.6. The number of hydrogen-bond acceptors (Lipinski definition) is 16. The summed E-state index contributed by atoms with van der Waals surface area (Å²) >= 11 is 0. The fraction of sp³-hybridized carbons (Fsp3) is 0.647. The Hall–Kier alpha value is -2.12. The van der Waals surface area contributed by atoms with Crippen molar-refractivity contribution in [3.05, 3.63) is 33.1 Å². The lowest BCUT2D eigenvalue weighted by Gasteiger charge is -2.40. The van der Waals surface area contributed by atoms with Gasteiger partial charge >= 0.3 is 5.69 Å². The van der Waals surface area contributed by atoms with Gasteiger partial charge in [0, 0.05) is 19.2 Å². The number of carbonyl (C=O) groups excluding carboxylic acids is 2. The summed E-state index contributed by atoms with van der Waals surface area (Å²) < 4.78 is 48.2. The van der Waals surface area contributed by atoms with Crippen LogP contribution in [0, 0.1) is 0 Å². The van der Waals surface area contributed by atoms with Crippen molar-refractivity contribution in [2.75, 3.05) is 6.61 Å². The van der Waals surface area contributed by atoms with E-state index >= 15 is 0 Å². The number of ether oxygens (including phenoxy) is 2. The number of aliphatic hydroxyl groups excluding tert-OH is 3. The number of amides is 1. The Kier molecular flexibility index (Phi) is 9.25. The van der Waals surface area contributed by atoms with Crippen LogP contribution in [0.1, 0.15) is 20.1 Å². The van der Waals surface area contributed by atoms with Gasteiger partial charge in [0.1, 0.15) is 36.6 Å². The van der Waals surface area contributed by atoms with Crippen LogP contribution >= 0.6 is 15.6 Å². The van der Waals surface area contributed by atoms with Crippen LogP contribution in [0.4, 0.5) is 0 Å². The molecule has 5 N–H and O–H groups in total. The van der Waals surface area contributed by atoms with E-state index in [1.54, 1.807) is 0 Å². The van der Waals surface area contributed by atoms with E-state index in [1.165, 1.54) is 0 Å². The van der Waals surface area contributed by atoms with E-state index in [2.05, 4.69) is 13.4 Å². The van der Waals surface area contributed by atoms with E-state index in [0.717, 1.165) is 26.1 Å². The summed E-state index contributed by atoms with van der Waals surface area (Å²) in [6.07, 6.45) is -11.3. The molecule has 2 aliphatic rings. The van der Waals surface area contributed by atoms with Crippen molar-refractivity contribution in [3.63, 3.8) is 0 Å². The van der Waals surface area contributed by atoms with Gasteiger partial charge in [-0.25, -0.2) is 9.11 Å². The molecular formula is C17H23N3O16P2-2. The van der Waals surface area contributed by atoms with Crippen molar-refractivity contribution in [1.82, 2.24) is 14.9 Å². The fourth-order valence-corrected chi connectivity index (χ4v) is 5.66. The monoisotopic (exact) mass is 587 g/mol. The minimum atomic E-state index is -5.88. The lowest BCUT2D eigenvalue weighted by atomic mass is 9.99. The van der Waals surface area contributed by atoms with E-state index in [1.807, 2.05) is 10.3 Å². The molecule has 10 atom stereocenters. The van der Waals surface area contributed by atoms with Crippen LogP contribution in [-0.4, -0.2) is 86.0 Å². The number of H-pyrrole nitrogens is 1. The van der Waals surface area contributed by atoms with Gasteiger partial charge in [-0.3, -0.25) is 37.6 Å². The normalized spacial score (nSPS) is 34.9. The standard InChI is InChI=1S/C17H25N3O16P2/c1-6-11(23)13(25)10(18-7(2)21)16(33-6)35-38(30,31)36-37(28,29)32-5-8-12(24)14(26)15(34-8)20-4-3-9(22)19-17(20)27/h3-4,6,8,10,12-16,24-26H,5H2,1-2H3,(H,18,21)(H,28,29)(H,30,31)(H,19,22,27)/p-2/t6-,8+,10+,12+,13-,14+,15+,16+/m0/s1. The van der Waals surface area contributed by atoms with Crippen LogP contribution in [0.3, 0.4) is 0 Å². The van der Waals surface area contributed by atoms with Crippen molar-refractivity contribution in [2.45, 2.75) is 62.9 Å². The Morgan fingerprint density at radius 1 is 1.16 bits per heavy atom. The van der Waals surface area contributed by atoms with Crippen molar-refractivity contribution in [2.24, 2.45) is 0 Å². The number of rotatable bonds is 9. The Morgan fingerprint density at radius 3 is 2.42 bits per heavy atom. The van der Waals surface area contributed by atoms with E-state index in [-0.39, 0.29) is 0 Å². The van der Waals surface area contributed by atoms with Gasteiger partial charge in [0.05, 0.1) is 6.61 Å². The number of phosphoric acid groups is 2. The minimum Gasteiger partial charge on any atom is -0.756 e. The average molecular weight is 587 g/mol. The highest BCUT2D eigenvalue weighted by Crippen LogP contribution is 2.56. The van der Waals surface area contributed by atoms with Gasteiger partial charge in [-0.05, 0) is 6.92 Å². The maximum Gasteiger partial charge on any atom is 0.330 e. The quantitative estimate of drug-likeness (QED) is 0.170. The van der Waals surface area contributed by atoms with Gasteiger partial charge in [-0.15, -0.1) is 0 Å². The molecule has 0 spiro atoms. The Balaban J connectivity index is 1.65. The molecule has 19 nitrogen and oxygen atoms in total. The fourth-order valence-electron chi connectivity index (χ4n) is 3.57. The van der Waals surface area contributed by atoms with Crippen LogP contribution in [0.25, 0.3) is 0 Å². The van der Waals surface area contributed by atoms with Crippen LogP contribution in [0.5, 0.6) is 0 Å². The van der Waals surface area contributed by atoms with E-state index in [9.17, 15) is 53.4 Å². The van der Waals surface area contributed by atoms with E-state index in [4.69, 9.17) is 9.47 Å². The van der Waals surface area contributed by atoms with Crippen LogP contribution < -0.4 is 26.4 Å². The maximum absolute atomic E-state index is 12.2. The van der Waals surface area contributed by atoms with Gasteiger partial charge in [-0.2, -0.15) is 0 Å². The lowest BCUT2D eigenvalue weighted by Crippen LogP contribution is -2.61. The molecule has 1 amide bonds. The maximum atomic E-state index is 12.2. The molecule has 0 saturated carbocycles. The van der Waals surface area contributed by atoms with Crippen LogP contribution in [-0.2, 0) is 41.6 Å². The number of carbonyl (C=O) groups is 2. The van der Waals surface area contributed by atoms with Gasteiger partial charge < -0.3 is 44.4 Å². The number of Topliss-reactive ketones (excluding diaryl/α,β-unsaturated/α-hetero) is 1. The second-order valence-electron chi connectivity index (χ2n) is 8.16. The molecule has 2 fully saturated rings. The highest BCUT2D eigenvalue weighted by Gasteiger charge is 2.46. The number of ketones is 1. The highest BCUT2D eigenvalue weighted by atomic mass is 31.3. The summed E-state index contributed by atoms with van der Waals surface area (Å²) in [6, 6.07) is -0.827. The first-order valence-corrected chi connectivity index (χ1v) is 13.6. The predicted octanol–water partition coefficient (Wildman–Crippen LogP) is -4.68. The Bertz CT molecular complexity index is 1270. The number of hydrogen-bond donors (Lipinski definition) is 5. The molecule has 0 aromatic carbocycles. The molecule has 2 unspecified atom stereocenters. The number of aromatic amines is 1. The van der Waals surface area contributed by atoms with Gasteiger partial charge in [0.15, 0.2) is 18.3 Å². The van der Waals surface area contributed by atoms with Crippen molar-refractivity contribution in [1.29, 1.82) is 0 Å². The SMILES string of the molecule is CC(=O)N[C@H]1[C@@H](OP(=O)([O-])OP(=O)([O-])OC[C@H]2O[C@@H](n3ccc(=O)[nH]c3=O)[C@H](O)[C@@H]2O)O[C@@H](C)C(=O)[C@H]1O. The van der Waals surface area contributed by atoms with Crippen molar-refractivity contribution >= 4 is 27.3 Å². The molecule has 214 valence electrons. The largest absolute Gasteiger partial charge is 0.756 e. The smallest absolute Gasteiger partial charge is 0.330 e. The number of phosphoric ester groups is 2. The summed E-state index contributed by atoms with van der Waals surface area (Å²) in [5.74, 6) is -1.73. The molecule has 0 radical (unpaired) electrons. The number of nitrogens with zero attached hydrogens (tertiary/aromatic N) is 1. The third kappa shape index (κ3) is 7.09. The van der Waals surface area contributed by atoms with Crippen LogP contribution in [0.2, 0.25) is 0 Å². The number of nitrogens with one attached hydrogen (secondary N) is 2. The molecule has 2 aliphatic heterocycles. The second kappa shape index (κ2) is 11.5. The molecule has 0 aliphatic carbocycles. The van der Waals surface area contributed by atoms with Crippen molar-refractivity contribution in [3.8, 4) is 0 Å². The van der Waals surface area contributed by atoms with Gasteiger partial charge in [-0.1, -0.05) is 0 Å². The summed E-state index contributed by atoms with van der Waals surface area (Å²) in [7, 11) is -11.7. The van der Waals surface area contributed by atoms with Gasteiger partial charge in [0.25, 0.3) is 21.2 Å². The molecule has 0 bridgehead atoms. The third-order valence-electron chi connectivity index (χ3n) is 5.33. The third-order valence-corrected chi connectivity index (χ3v) is 7.86. The molecule has 3 rings (SSSR count). The summed E-state index contributed by atoms with van der Waals surface area (Å²) in [4.78, 5) is 72.6. The average Bonchev–Trinajstić information content (AvgIpc) is 3.06. The van der Waals surface area contributed by atoms with E-state index in [0.29, 0.717) is 4.57 Å². The highest BCUT2D eigenvalue weighted by molar-refractivity contribution is 7.59. The summed E-state index contributed by atoms with van der Waals surface area (Å²) in [5.41, 5.74) is -1.77. The van der Waals surface area contributed by atoms with Crippen LogP contribution in [0.15, 0.2) is 21.9 Å². The first-order chi connectivity index (χ1) is 17.5. The summed E-state index contributed by atoms with van der Waals surface area (Å²) in [6.45, 7) is 1.01. The Labute approximate surface area is 212 Å². The topological polar surface area (TPSA) is 288 Å². The molecule has 38 heavy (non-hydrogen) atoms. The summed E-state index contributed by atoms with van der Waals surface area (Å²) in [5, 5.41) is 32.4. The molecular weight excluding hydrogens is 564 g/mol. The lowest BCUT2D eigenvalue weighted by molar-refractivity contribution is -0.266. The molecule has 21 heteroatoms. The number of aliphatic hydroxyl groups is 3. The molecule has 3 heterocycles. The predicted molar refractivity (Wildman–Crippen MR) is 114 cm³/mol. The first kappa shape index (κ1) is 30.4. The zero-order valence-electron chi connectivity index (χ0n) is 19.5. The van der Waals surface area contributed by atoms with Crippen molar-refractivity contribution < 1.29 is 66.7 Å². The van der Waals surface area contributed by atoms with E-state index < -0.39 is 94.3 Å². The Morgan fingerprint density at radius 2 is 1.82 bits per heavy atom. The molecule has 2 saturated heterocycles. The zero-order chi connectivity index (χ0) is 28.6. The molecule has 1 aromatic heterocycles. The number of aromatic nitrogens is 2. The second-order valence-corrected chi connectivity index (χ2v) is 11.1.